The van der Waals surface area contributed by atoms with Crippen LogP contribution in [0.2, 0.25) is 0 Å². The smallest absolute Gasteiger partial charge is 0.350 e. The lowest BCUT2D eigenvalue weighted by molar-refractivity contribution is 0.0494. The van der Waals surface area contributed by atoms with E-state index in [1.165, 1.54) is 11.3 Å². The second kappa shape index (κ2) is 4.80. The molecule has 6 heteroatoms. The number of hydrogen-bond donors (Lipinski definition) is 1. The number of thiophene rings is 1. The maximum absolute atomic E-state index is 11.5. The molecule has 0 atom stereocenters. The molecule has 0 saturated carbocycles. The quantitative estimate of drug-likeness (QED) is 0.816. The number of anilines is 1. The maximum atomic E-state index is 11.5. The zero-order valence-electron chi connectivity index (χ0n) is 8.50. The van der Waals surface area contributed by atoms with Crippen LogP contribution in [0.1, 0.15) is 9.67 Å². The summed E-state index contributed by atoms with van der Waals surface area (Å²) in [5.41, 5.74) is 6.07. The Bertz CT molecular complexity index is 464. The molecule has 0 aliphatic heterocycles. The van der Waals surface area contributed by atoms with Gasteiger partial charge in [0, 0.05) is 12.4 Å². The third-order valence-electron chi connectivity index (χ3n) is 1.99. The van der Waals surface area contributed by atoms with Crippen LogP contribution in [0, 0.1) is 0 Å². The number of carbonyl (C=O) groups excluding carboxylic acids is 1. The van der Waals surface area contributed by atoms with Gasteiger partial charge in [0.25, 0.3) is 0 Å². The fourth-order valence-electron chi connectivity index (χ4n) is 1.22. The number of hydrogen-bond acceptors (Lipinski definition) is 5. The Morgan fingerprint density at radius 3 is 3.12 bits per heavy atom. The van der Waals surface area contributed by atoms with Gasteiger partial charge in [-0.1, -0.05) is 0 Å². The standard InChI is InChI=1S/C10H11N3O2S/c11-8-2-7-16-9(8)10(14)15-6-5-13-4-1-3-12-13/h1-4,7H,5-6,11H2. The van der Waals surface area contributed by atoms with Gasteiger partial charge in [-0.25, -0.2) is 4.79 Å². The van der Waals surface area contributed by atoms with E-state index in [-0.39, 0.29) is 12.6 Å². The molecule has 0 saturated heterocycles. The van der Waals surface area contributed by atoms with E-state index in [1.54, 1.807) is 22.3 Å². The fraction of sp³-hybridized carbons (Fsp3) is 0.200. The van der Waals surface area contributed by atoms with Gasteiger partial charge < -0.3 is 10.5 Å². The summed E-state index contributed by atoms with van der Waals surface area (Å²) in [5, 5.41) is 5.76. The highest BCUT2D eigenvalue weighted by Crippen LogP contribution is 2.19. The predicted molar refractivity (Wildman–Crippen MR) is 61.2 cm³/mol. The number of rotatable bonds is 4. The van der Waals surface area contributed by atoms with Crippen molar-refractivity contribution in [3.63, 3.8) is 0 Å². The molecule has 0 unspecified atom stereocenters. The van der Waals surface area contributed by atoms with E-state index in [1.807, 2.05) is 12.3 Å². The van der Waals surface area contributed by atoms with Crippen molar-refractivity contribution >= 4 is 23.0 Å². The molecule has 0 radical (unpaired) electrons. The molecule has 2 heterocycles. The summed E-state index contributed by atoms with van der Waals surface area (Å²) in [6, 6.07) is 3.51. The largest absolute Gasteiger partial charge is 0.459 e. The molecule has 84 valence electrons. The Labute approximate surface area is 96.4 Å². The Hall–Kier alpha value is -1.82. The molecule has 2 N–H and O–H groups in total. The molecule has 2 aromatic heterocycles. The van der Waals surface area contributed by atoms with Gasteiger partial charge in [0.15, 0.2) is 0 Å². The highest BCUT2D eigenvalue weighted by molar-refractivity contribution is 7.12. The average Bonchev–Trinajstić information content (AvgIpc) is 2.88. The molecule has 0 bridgehead atoms. The van der Waals surface area contributed by atoms with Crippen LogP contribution in [0.5, 0.6) is 0 Å². The van der Waals surface area contributed by atoms with Crippen LogP contribution in [0.15, 0.2) is 29.9 Å². The average molecular weight is 237 g/mol. The van der Waals surface area contributed by atoms with E-state index in [2.05, 4.69) is 5.10 Å². The van der Waals surface area contributed by atoms with E-state index < -0.39 is 0 Å². The van der Waals surface area contributed by atoms with Crippen molar-refractivity contribution in [1.82, 2.24) is 9.78 Å². The number of nitrogen functional groups attached to an aromatic ring is 1. The number of carbonyl (C=O) groups is 1. The van der Waals surface area contributed by atoms with Gasteiger partial charge in [-0.3, -0.25) is 4.68 Å². The fourth-order valence-corrected chi connectivity index (χ4v) is 1.93. The lowest BCUT2D eigenvalue weighted by Crippen LogP contribution is -2.11. The van der Waals surface area contributed by atoms with Crippen molar-refractivity contribution in [1.29, 1.82) is 0 Å². The van der Waals surface area contributed by atoms with Crippen LogP contribution in [0.4, 0.5) is 5.69 Å². The summed E-state index contributed by atoms with van der Waals surface area (Å²) in [5.74, 6) is -0.375. The predicted octanol–water partition coefficient (Wildman–Crippen LogP) is 1.38. The van der Waals surface area contributed by atoms with Gasteiger partial charge in [0.05, 0.1) is 12.2 Å². The highest BCUT2D eigenvalue weighted by Gasteiger charge is 2.12. The zero-order valence-corrected chi connectivity index (χ0v) is 9.31. The highest BCUT2D eigenvalue weighted by atomic mass is 32.1. The summed E-state index contributed by atoms with van der Waals surface area (Å²) in [6.45, 7) is 0.835. The first-order chi connectivity index (χ1) is 7.77. The van der Waals surface area contributed by atoms with Crippen LogP contribution in [-0.2, 0) is 11.3 Å². The topological polar surface area (TPSA) is 70.1 Å². The number of aromatic nitrogens is 2. The summed E-state index contributed by atoms with van der Waals surface area (Å²) in [4.78, 5) is 12.0. The normalized spacial score (nSPS) is 10.2. The van der Waals surface area contributed by atoms with E-state index in [4.69, 9.17) is 10.5 Å². The molecule has 2 aromatic rings. The Balaban J connectivity index is 1.83. The molecule has 16 heavy (non-hydrogen) atoms. The van der Waals surface area contributed by atoms with Crippen molar-refractivity contribution in [3.05, 3.63) is 34.8 Å². The molecule has 2 rings (SSSR count). The Morgan fingerprint density at radius 1 is 1.62 bits per heavy atom. The van der Waals surface area contributed by atoms with Gasteiger partial charge in [-0.15, -0.1) is 11.3 Å². The second-order valence-electron chi connectivity index (χ2n) is 3.11. The van der Waals surface area contributed by atoms with E-state index in [0.29, 0.717) is 17.1 Å². The maximum Gasteiger partial charge on any atom is 0.350 e. The molecule has 0 aromatic carbocycles. The minimum atomic E-state index is -0.375. The summed E-state index contributed by atoms with van der Waals surface area (Å²) in [6.07, 6.45) is 3.49. The van der Waals surface area contributed by atoms with Crippen LogP contribution in [0.25, 0.3) is 0 Å². The number of nitrogens with zero attached hydrogens (tertiary/aromatic N) is 2. The number of esters is 1. The third kappa shape index (κ3) is 2.40. The van der Waals surface area contributed by atoms with E-state index in [0.717, 1.165) is 0 Å². The van der Waals surface area contributed by atoms with Gasteiger partial charge in [0.1, 0.15) is 11.5 Å². The first kappa shape index (κ1) is 10.7. The van der Waals surface area contributed by atoms with Crippen molar-refractivity contribution < 1.29 is 9.53 Å². The molecular weight excluding hydrogens is 226 g/mol. The van der Waals surface area contributed by atoms with Crippen LogP contribution < -0.4 is 5.73 Å². The zero-order chi connectivity index (χ0) is 11.4. The number of ether oxygens (including phenoxy) is 1. The minimum absolute atomic E-state index is 0.290. The Kier molecular flexibility index (Phi) is 3.21. The van der Waals surface area contributed by atoms with E-state index >= 15 is 0 Å². The summed E-state index contributed by atoms with van der Waals surface area (Å²) < 4.78 is 6.77. The van der Waals surface area contributed by atoms with Crippen LogP contribution in [-0.4, -0.2) is 22.4 Å². The first-order valence-corrected chi connectivity index (χ1v) is 5.63. The van der Waals surface area contributed by atoms with Crippen LogP contribution >= 0.6 is 11.3 Å². The molecular formula is C10H11N3O2S. The molecule has 0 amide bonds. The summed E-state index contributed by atoms with van der Waals surface area (Å²) in [7, 11) is 0. The lowest BCUT2D eigenvalue weighted by atomic mass is 10.4. The van der Waals surface area contributed by atoms with Gasteiger partial charge in [-0.2, -0.15) is 5.10 Å². The Morgan fingerprint density at radius 2 is 2.50 bits per heavy atom. The molecule has 5 nitrogen and oxygen atoms in total. The molecule has 0 aliphatic rings. The van der Waals surface area contributed by atoms with Crippen LogP contribution in [0.3, 0.4) is 0 Å². The van der Waals surface area contributed by atoms with Crippen molar-refractivity contribution in [3.8, 4) is 0 Å². The molecule has 0 aliphatic carbocycles. The monoisotopic (exact) mass is 237 g/mol. The SMILES string of the molecule is Nc1ccsc1C(=O)OCCn1cccn1. The van der Waals surface area contributed by atoms with Gasteiger partial charge in [0.2, 0.25) is 0 Å². The first-order valence-electron chi connectivity index (χ1n) is 4.75. The second-order valence-corrected chi connectivity index (χ2v) is 4.03. The minimum Gasteiger partial charge on any atom is -0.459 e. The van der Waals surface area contributed by atoms with Crippen molar-refractivity contribution in [2.75, 3.05) is 12.3 Å². The number of nitrogens with two attached hydrogens (primary N) is 1. The van der Waals surface area contributed by atoms with Gasteiger partial charge in [-0.05, 0) is 17.5 Å². The molecule has 0 fully saturated rings. The molecule has 0 spiro atoms. The summed E-state index contributed by atoms with van der Waals surface area (Å²) >= 11 is 1.28. The van der Waals surface area contributed by atoms with Gasteiger partial charge >= 0.3 is 5.97 Å². The lowest BCUT2D eigenvalue weighted by Gasteiger charge is -2.04. The van der Waals surface area contributed by atoms with E-state index in [9.17, 15) is 4.79 Å². The third-order valence-corrected chi connectivity index (χ3v) is 2.90. The van der Waals surface area contributed by atoms with Crippen molar-refractivity contribution in [2.24, 2.45) is 0 Å². The van der Waals surface area contributed by atoms with Crippen molar-refractivity contribution in [2.45, 2.75) is 6.54 Å².